The Labute approximate surface area is 163 Å². The monoisotopic (exact) mass is 375 g/mol. The molecule has 0 bridgehead atoms. The number of carbonyl (C=O) groups is 2. The highest BCUT2D eigenvalue weighted by Gasteiger charge is 2.48. The molecule has 0 aromatic heterocycles. The van der Waals surface area contributed by atoms with Crippen LogP contribution in [-0.2, 0) is 16.6 Å². The molecule has 3 aromatic rings. The largest absolute Gasteiger partial charge is 0.325 e. The fourth-order valence-electron chi connectivity index (χ4n) is 3.77. The Kier molecular flexibility index (Phi) is 4.54. The van der Waals surface area contributed by atoms with Gasteiger partial charge in [-0.15, -0.1) is 0 Å². The van der Waals surface area contributed by atoms with Crippen LogP contribution in [0.5, 0.6) is 0 Å². The van der Waals surface area contributed by atoms with E-state index >= 15 is 0 Å². The van der Waals surface area contributed by atoms with E-state index in [4.69, 9.17) is 11.6 Å². The van der Waals surface area contributed by atoms with E-state index in [-0.39, 0.29) is 18.1 Å². The number of anilines is 1. The summed E-state index contributed by atoms with van der Waals surface area (Å²) in [5.41, 5.74) is 2.25. The molecule has 0 unspecified atom stereocenters. The molecule has 0 aliphatic carbocycles. The van der Waals surface area contributed by atoms with E-state index in [0.29, 0.717) is 17.0 Å². The second-order valence-electron chi connectivity index (χ2n) is 6.85. The van der Waals surface area contributed by atoms with Crippen LogP contribution in [0.3, 0.4) is 0 Å². The molecule has 1 heterocycles. The van der Waals surface area contributed by atoms with Crippen molar-refractivity contribution in [2.75, 3.05) is 5.32 Å². The molecule has 27 heavy (non-hydrogen) atoms. The van der Waals surface area contributed by atoms with Gasteiger partial charge in [0.25, 0.3) is 0 Å². The van der Waals surface area contributed by atoms with Crippen molar-refractivity contribution in [2.24, 2.45) is 0 Å². The Balaban J connectivity index is 1.77. The van der Waals surface area contributed by atoms with Gasteiger partial charge in [0, 0.05) is 22.7 Å². The minimum absolute atomic E-state index is 0.0884. The van der Waals surface area contributed by atoms with Crippen LogP contribution in [-0.4, -0.2) is 11.7 Å². The van der Waals surface area contributed by atoms with Gasteiger partial charge in [-0.25, -0.2) is 0 Å². The predicted octanol–water partition coefficient (Wildman–Crippen LogP) is 5.05. The third-order valence-corrected chi connectivity index (χ3v) is 5.32. The topological polar surface area (TPSA) is 46.2 Å². The number of halogens is 1. The molecule has 3 aromatic carbocycles. The zero-order valence-electron chi connectivity index (χ0n) is 14.6. The fraction of sp³-hybridized carbons (Fsp3) is 0.130. The van der Waals surface area contributed by atoms with Crippen molar-refractivity contribution >= 4 is 29.0 Å². The highest BCUT2D eigenvalue weighted by atomic mass is 35.5. The highest BCUT2D eigenvalue weighted by Crippen LogP contribution is 2.43. The number of amides is 1. The van der Waals surface area contributed by atoms with Crippen molar-refractivity contribution in [3.63, 3.8) is 0 Å². The third-order valence-electron chi connectivity index (χ3n) is 5.08. The molecule has 1 aliphatic rings. The lowest BCUT2D eigenvalue weighted by molar-refractivity contribution is -0.120. The van der Waals surface area contributed by atoms with Crippen LogP contribution >= 0.6 is 11.6 Å². The van der Waals surface area contributed by atoms with Crippen LogP contribution in [0.1, 0.15) is 27.9 Å². The summed E-state index contributed by atoms with van der Waals surface area (Å²) in [6.45, 7) is 0. The van der Waals surface area contributed by atoms with E-state index in [1.54, 1.807) is 24.3 Å². The number of ketones is 1. The van der Waals surface area contributed by atoms with Crippen LogP contribution in [0.2, 0.25) is 5.02 Å². The second kappa shape index (κ2) is 7.01. The number of Topliss-reactive ketones (excluding diaryl/α,β-unsaturated/α-hetero) is 1. The number of fused-ring (bicyclic) bond motifs is 1. The fourth-order valence-corrected chi connectivity index (χ4v) is 3.96. The smallest absolute Gasteiger partial charge is 0.235 e. The summed E-state index contributed by atoms with van der Waals surface area (Å²) < 4.78 is 0. The van der Waals surface area contributed by atoms with E-state index in [9.17, 15) is 9.59 Å². The molecule has 0 saturated carbocycles. The summed E-state index contributed by atoms with van der Waals surface area (Å²) in [5, 5.41) is 3.47. The van der Waals surface area contributed by atoms with Gasteiger partial charge in [0.1, 0.15) is 0 Å². The molecule has 0 saturated heterocycles. The Morgan fingerprint density at radius 3 is 2.44 bits per heavy atom. The molecule has 1 atom stereocenters. The second-order valence-corrected chi connectivity index (χ2v) is 7.29. The van der Waals surface area contributed by atoms with Gasteiger partial charge in [0.15, 0.2) is 5.78 Å². The average Bonchev–Trinajstić information content (AvgIpc) is 2.94. The van der Waals surface area contributed by atoms with Crippen LogP contribution < -0.4 is 5.32 Å². The van der Waals surface area contributed by atoms with Crippen molar-refractivity contribution in [1.82, 2.24) is 0 Å². The Morgan fingerprint density at radius 2 is 1.67 bits per heavy atom. The van der Waals surface area contributed by atoms with Crippen molar-refractivity contribution in [3.8, 4) is 0 Å². The maximum Gasteiger partial charge on any atom is 0.235 e. The first kappa shape index (κ1) is 17.5. The Bertz CT molecular complexity index is 1020. The van der Waals surface area contributed by atoms with Gasteiger partial charge in [0.05, 0.1) is 5.41 Å². The lowest BCUT2D eigenvalue weighted by atomic mass is 9.72. The molecule has 1 N–H and O–H groups in total. The molecule has 4 heteroatoms. The number of hydrogen-bond donors (Lipinski definition) is 1. The van der Waals surface area contributed by atoms with Crippen LogP contribution in [0, 0.1) is 0 Å². The number of benzene rings is 3. The zero-order valence-corrected chi connectivity index (χ0v) is 15.4. The molecular formula is C23H18ClNO2. The first-order chi connectivity index (χ1) is 13.1. The normalized spacial score (nSPS) is 18.0. The van der Waals surface area contributed by atoms with Crippen molar-refractivity contribution in [1.29, 1.82) is 0 Å². The maximum atomic E-state index is 13.1. The first-order valence-corrected chi connectivity index (χ1v) is 9.20. The summed E-state index contributed by atoms with van der Waals surface area (Å²) in [6.07, 6.45) is 0.550. The van der Waals surface area contributed by atoms with E-state index in [1.807, 2.05) is 54.6 Å². The molecule has 3 nitrogen and oxygen atoms in total. The summed E-state index contributed by atoms with van der Waals surface area (Å²) in [6, 6.07) is 24.3. The van der Waals surface area contributed by atoms with Gasteiger partial charge in [-0.3, -0.25) is 9.59 Å². The van der Waals surface area contributed by atoms with Crippen molar-refractivity contribution in [2.45, 2.75) is 18.3 Å². The summed E-state index contributed by atoms with van der Waals surface area (Å²) in [5.74, 6) is -0.233. The average molecular weight is 376 g/mol. The quantitative estimate of drug-likeness (QED) is 0.634. The number of nitrogens with one attached hydrogen (secondary N) is 1. The molecule has 1 aliphatic heterocycles. The first-order valence-electron chi connectivity index (χ1n) is 8.82. The standard InChI is InChI=1S/C23H18ClNO2/c24-18-10-6-9-17(13-18)21(26)15-23(14-16-7-2-1-3-8-16)19-11-4-5-12-20(19)25-22(23)27/h1-13H,14-15H2,(H,25,27)/t23-/m0/s1. The summed E-state index contributed by atoms with van der Waals surface area (Å²) >= 11 is 6.05. The summed E-state index contributed by atoms with van der Waals surface area (Å²) in [4.78, 5) is 26.2. The Morgan fingerprint density at radius 1 is 0.926 bits per heavy atom. The van der Waals surface area contributed by atoms with E-state index in [2.05, 4.69) is 5.32 Å². The van der Waals surface area contributed by atoms with Crippen molar-refractivity contribution in [3.05, 3.63) is 101 Å². The van der Waals surface area contributed by atoms with E-state index in [0.717, 1.165) is 16.8 Å². The molecule has 0 fully saturated rings. The number of para-hydroxylation sites is 1. The van der Waals surface area contributed by atoms with Gasteiger partial charge in [0.2, 0.25) is 5.91 Å². The summed E-state index contributed by atoms with van der Waals surface area (Å²) in [7, 11) is 0. The molecule has 134 valence electrons. The van der Waals surface area contributed by atoms with Gasteiger partial charge in [-0.05, 0) is 35.7 Å². The molecular weight excluding hydrogens is 358 g/mol. The molecule has 0 radical (unpaired) electrons. The predicted molar refractivity (Wildman–Crippen MR) is 107 cm³/mol. The van der Waals surface area contributed by atoms with Crippen LogP contribution in [0.25, 0.3) is 0 Å². The highest BCUT2D eigenvalue weighted by molar-refractivity contribution is 6.31. The van der Waals surface area contributed by atoms with E-state index < -0.39 is 5.41 Å². The lowest BCUT2D eigenvalue weighted by Gasteiger charge is -2.27. The molecule has 0 spiro atoms. The Hall–Kier alpha value is -2.91. The molecule has 4 rings (SSSR count). The third kappa shape index (κ3) is 3.26. The van der Waals surface area contributed by atoms with Crippen LogP contribution in [0.4, 0.5) is 5.69 Å². The lowest BCUT2D eigenvalue weighted by Crippen LogP contribution is -2.39. The van der Waals surface area contributed by atoms with Gasteiger partial charge in [-0.1, -0.05) is 72.3 Å². The number of rotatable bonds is 5. The maximum absolute atomic E-state index is 13.1. The van der Waals surface area contributed by atoms with Crippen molar-refractivity contribution < 1.29 is 9.59 Å². The minimum atomic E-state index is -0.933. The van der Waals surface area contributed by atoms with Crippen LogP contribution in [0.15, 0.2) is 78.9 Å². The van der Waals surface area contributed by atoms with Gasteiger partial charge >= 0.3 is 0 Å². The number of hydrogen-bond acceptors (Lipinski definition) is 2. The van der Waals surface area contributed by atoms with Gasteiger partial charge in [-0.2, -0.15) is 0 Å². The zero-order chi connectivity index (χ0) is 18.9. The van der Waals surface area contributed by atoms with E-state index in [1.165, 1.54) is 0 Å². The SMILES string of the molecule is O=C(C[C@]1(Cc2ccccc2)C(=O)Nc2ccccc21)c1cccc(Cl)c1. The minimum Gasteiger partial charge on any atom is -0.325 e. The van der Waals surface area contributed by atoms with Gasteiger partial charge < -0.3 is 5.32 Å². The number of carbonyl (C=O) groups excluding carboxylic acids is 2. The molecule has 1 amide bonds.